The van der Waals surface area contributed by atoms with E-state index in [-0.39, 0.29) is 5.56 Å². The molecule has 2 aliphatic rings. The van der Waals surface area contributed by atoms with Crippen LogP contribution in [0.1, 0.15) is 35.7 Å². The molecule has 0 spiro atoms. The Labute approximate surface area is 176 Å². The summed E-state index contributed by atoms with van der Waals surface area (Å²) in [5.74, 6) is -0.291. The molecule has 2 fully saturated rings. The number of piperazine rings is 1. The van der Waals surface area contributed by atoms with E-state index in [1.165, 1.54) is 6.20 Å². The molecule has 4 heterocycles. The quantitative estimate of drug-likeness (QED) is 0.798. The lowest BCUT2D eigenvalue weighted by molar-refractivity contribution is 0.0694. The second-order valence-corrected chi connectivity index (χ2v) is 8.54. The maximum atomic E-state index is 12.9. The first-order chi connectivity index (χ1) is 14.4. The first-order valence-electron chi connectivity index (χ1n) is 10.8. The van der Waals surface area contributed by atoms with E-state index in [1.807, 2.05) is 17.6 Å². The first kappa shape index (κ1) is 20.8. The van der Waals surface area contributed by atoms with Crippen molar-refractivity contribution in [2.45, 2.75) is 39.3 Å². The number of aromatic nitrogens is 2. The third kappa shape index (κ3) is 3.81. The van der Waals surface area contributed by atoms with Gasteiger partial charge in [0.15, 0.2) is 0 Å². The van der Waals surface area contributed by atoms with Gasteiger partial charge in [-0.15, -0.1) is 0 Å². The summed E-state index contributed by atoms with van der Waals surface area (Å²) in [4.78, 5) is 36.6. The topological polar surface area (TPSA) is 81.9 Å². The van der Waals surface area contributed by atoms with E-state index >= 15 is 0 Å². The molecule has 1 atom stereocenters. The van der Waals surface area contributed by atoms with Gasteiger partial charge >= 0.3 is 5.97 Å². The van der Waals surface area contributed by atoms with Crippen LogP contribution in [-0.4, -0.2) is 82.8 Å². The second kappa shape index (κ2) is 8.35. The molecule has 0 aliphatic carbocycles. The van der Waals surface area contributed by atoms with Gasteiger partial charge in [0.2, 0.25) is 5.43 Å². The van der Waals surface area contributed by atoms with Crippen LogP contribution >= 0.6 is 0 Å². The van der Waals surface area contributed by atoms with Gasteiger partial charge in [0.1, 0.15) is 17.0 Å². The lowest BCUT2D eigenvalue weighted by Crippen LogP contribution is -2.45. The molecule has 2 saturated heterocycles. The average molecular weight is 414 g/mol. The number of carboxylic acids is 1. The van der Waals surface area contributed by atoms with Crippen molar-refractivity contribution in [1.82, 2.24) is 19.4 Å². The number of fused-ring (bicyclic) bond motifs is 1. The van der Waals surface area contributed by atoms with E-state index in [1.54, 1.807) is 0 Å². The maximum Gasteiger partial charge on any atom is 0.341 e. The fourth-order valence-electron chi connectivity index (χ4n) is 4.78. The highest BCUT2D eigenvalue weighted by atomic mass is 16.4. The van der Waals surface area contributed by atoms with E-state index in [2.05, 4.69) is 28.7 Å². The van der Waals surface area contributed by atoms with Gasteiger partial charge in [-0.05, 0) is 51.5 Å². The molecule has 2 aromatic rings. The average Bonchev–Trinajstić information content (AvgIpc) is 3.17. The van der Waals surface area contributed by atoms with Crippen molar-refractivity contribution in [2.24, 2.45) is 0 Å². The summed E-state index contributed by atoms with van der Waals surface area (Å²) in [6, 6.07) is 2.16. The number of likely N-dealkylation sites (tertiary alicyclic amines) is 1. The highest BCUT2D eigenvalue weighted by Crippen LogP contribution is 2.25. The van der Waals surface area contributed by atoms with Crippen LogP contribution in [0.2, 0.25) is 0 Å². The maximum absolute atomic E-state index is 12.9. The number of anilines is 1. The van der Waals surface area contributed by atoms with Crippen LogP contribution in [-0.2, 0) is 6.54 Å². The van der Waals surface area contributed by atoms with Crippen molar-refractivity contribution in [2.75, 3.05) is 51.2 Å². The molecular weight excluding hydrogens is 382 g/mol. The summed E-state index contributed by atoms with van der Waals surface area (Å²) in [6.07, 6.45) is 3.71. The second-order valence-electron chi connectivity index (χ2n) is 8.54. The Morgan fingerprint density at radius 3 is 2.63 bits per heavy atom. The molecule has 162 valence electrons. The van der Waals surface area contributed by atoms with Gasteiger partial charge < -0.3 is 19.5 Å². The Morgan fingerprint density at radius 1 is 1.23 bits per heavy atom. The summed E-state index contributed by atoms with van der Waals surface area (Å²) in [6.45, 7) is 10.5. The standard InChI is InChI=1S/C22H31N5O3/c1-4-25-7-5-6-16(25)13-27-14-18(22(29)30)19(28)17-12-15(2)20(23-21(17)27)26-10-8-24(3)9-11-26/h12,14,16H,4-11,13H2,1-3H3,(H,29,30)/t16-/m0/s1. The van der Waals surface area contributed by atoms with Crippen molar-refractivity contribution in [3.05, 3.63) is 33.6 Å². The van der Waals surface area contributed by atoms with Gasteiger partial charge in [-0.2, -0.15) is 0 Å². The summed E-state index contributed by atoms with van der Waals surface area (Å²) >= 11 is 0. The first-order valence-corrected chi connectivity index (χ1v) is 10.8. The minimum absolute atomic E-state index is 0.183. The van der Waals surface area contributed by atoms with Gasteiger partial charge in [-0.3, -0.25) is 9.69 Å². The van der Waals surface area contributed by atoms with Crippen molar-refractivity contribution in [1.29, 1.82) is 0 Å². The molecule has 4 rings (SSSR count). The number of pyridine rings is 2. The third-order valence-corrected chi connectivity index (χ3v) is 6.56. The molecule has 30 heavy (non-hydrogen) atoms. The molecule has 0 radical (unpaired) electrons. The van der Waals surface area contributed by atoms with E-state index in [9.17, 15) is 14.7 Å². The van der Waals surface area contributed by atoms with Gasteiger partial charge in [0.25, 0.3) is 0 Å². The molecular formula is C22H31N5O3. The summed E-state index contributed by atoms with van der Waals surface area (Å²) in [5.41, 5.74) is 0.868. The van der Waals surface area contributed by atoms with Crippen molar-refractivity contribution < 1.29 is 9.90 Å². The molecule has 8 nitrogen and oxygen atoms in total. The number of hydrogen-bond acceptors (Lipinski definition) is 6. The Bertz CT molecular complexity index is 1010. The molecule has 0 aromatic carbocycles. The minimum Gasteiger partial charge on any atom is -0.477 e. The highest BCUT2D eigenvalue weighted by Gasteiger charge is 2.26. The van der Waals surface area contributed by atoms with Crippen LogP contribution in [0, 0.1) is 6.92 Å². The lowest BCUT2D eigenvalue weighted by Gasteiger charge is -2.34. The minimum atomic E-state index is -1.18. The molecule has 0 saturated carbocycles. The molecule has 1 N–H and O–H groups in total. The Kier molecular flexibility index (Phi) is 5.79. The lowest BCUT2D eigenvalue weighted by atomic mass is 10.1. The largest absolute Gasteiger partial charge is 0.477 e. The number of carboxylic acid groups (broad SMARTS) is 1. The summed E-state index contributed by atoms with van der Waals surface area (Å²) < 4.78 is 1.90. The van der Waals surface area contributed by atoms with Crippen LogP contribution in [0.25, 0.3) is 11.0 Å². The van der Waals surface area contributed by atoms with Gasteiger partial charge in [-0.25, -0.2) is 9.78 Å². The number of likely N-dealkylation sites (N-methyl/N-ethyl adjacent to an activating group) is 2. The van der Waals surface area contributed by atoms with Crippen LogP contribution in [0.15, 0.2) is 17.1 Å². The molecule has 2 aliphatic heterocycles. The number of rotatable bonds is 5. The van der Waals surface area contributed by atoms with Crippen LogP contribution in [0.3, 0.4) is 0 Å². The molecule has 0 bridgehead atoms. The fraction of sp³-hybridized carbons (Fsp3) is 0.591. The van der Waals surface area contributed by atoms with E-state index < -0.39 is 11.4 Å². The number of carbonyl (C=O) groups is 1. The van der Waals surface area contributed by atoms with Gasteiger partial charge in [0, 0.05) is 45.0 Å². The van der Waals surface area contributed by atoms with Crippen molar-refractivity contribution in [3.63, 3.8) is 0 Å². The fourth-order valence-corrected chi connectivity index (χ4v) is 4.78. The predicted molar refractivity (Wildman–Crippen MR) is 118 cm³/mol. The van der Waals surface area contributed by atoms with Crippen molar-refractivity contribution in [3.8, 4) is 0 Å². The summed E-state index contributed by atoms with van der Waals surface area (Å²) in [7, 11) is 2.12. The zero-order valence-corrected chi connectivity index (χ0v) is 18.1. The Hall–Kier alpha value is -2.45. The predicted octanol–water partition coefficient (Wildman–Crippen LogP) is 1.64. The molecule has 0 unspecified atom stereocenters. The molecule has 8 heteroatoms. The normalized spacial score (nSPS) is 20.9. The number of hydrogen-bond donors (Lipinski definition) is 1. The zero-order valence-electron chi connectivity index (χ0n) is 18.1. The molecule has 2 aromatic heterocycles. The smallest absolute Gasteiger partial charge is 0.341 e. The highest BCUT2D eigenvalue weighted by molar-refractivity contribution is 5.92. The SMILES string of the molecule is CCN1CCC[C@H]1Cn1cc(C(=O)O)c(=O)c2cc(C)c(N3CCN(C)CC3)nc21. The van der Waals surface area contributed by atoms with E-state index in [0.717, 1.165) is 63.5 Å². The van der Waals surface area contributed by atoms with Crippen LogP contribution in [0.5, 0.6) is 0 Å². The molecule has 0 amide bonds. The van der Waals surface area contributed by atoms with Crippen LogP contribution < -0.4 is 10.3 Å². The van der Waals surface area contributed by atoms with Crippen LogP contribution in [0.4, 0.5) is 5.82 Å². The third-order valence-electron chi connectivity index (χ3n) is 6.56. The van der Waals surface area contributed by atoms with E-state index in [4.69, 9.17) is 4.98 Å². The number of nitrogens with zero attached hydrogens (tertiary/aromatic N) is 5. The zero-order chi connectivity index (χ0) is 21.4. The van der Waals surface area contributed by atoms with Gasteiger partial charge in [0.05, 0.1) is 5.39 Å². The van der Waals surface area contributed by atoms with Gasteiger partial charge in [-0.1, -0.05) is 6.92 Å². The Balaban J connectivity index is 1.83. The van der Waals surface area contributed by atoms with E-state index in [0.29, 0.717) is 23.6 Å². The number of aromatic carboxylic acids is 1. The Morgan fingerprint density at radius 2 is 1.97 bits per heavy atom. The number of aryl methyl sites for hydroxylation is 1. The van der Waals surface area contributed by atoms with Crippen molar-refractivity contribution >= 4 is 22.8 Å². The summed E-state index contributed by atoms with van der Waals surface area (Å²) in [5, 5.41) is 10.00. The monoisotopic (exact) mass is 413 g/mol.